The first-order valence-electron chi connectivity index (χ1n) is 9.99. The fourth-order valence-corrected chi connectivity index (χ4v) is 4.31. The first-order chi connectivity index (χ1) is 14.9. The van der Waals surface area contributed by atoms with E-state index in [-0.39, 0.29) is 10.8 Å². The zero-order valence-electron chi connectivity index (χ0n) is 17.6. The van der Waals surface area contributed by atoms with Gasteiger partial charge in [0.1, 0.15) is 5.75 Å². The van der Waals surface area contributed by atoms with Gasteiger partial charge in [0, 0.05) is 12.1 Å². The second-order valence-electron chi connectivity index (χ2n) is 7.12. The van der Waals surface area contributed by atoms with Crippen molar-refractivity contribution in [1.82, 2.24) is 5.32 Å². The van der Waals surface area contributed by atoms with Crippen LogP contribution in [0.5, 0.6) is 5.75 Å². The maximum Gasteiger partial charge on any atom is 0.261 e. The molecule has 0 unspecified atom stereocenters. The highest BCUT2D eigenvalue weighted by atomic mass is 32.2. The number of hydrogen-bond acceptors (Lipinski definition) is 4. The number of hydrogen-bond donors (Lipinski definition) is 2. The van der Waals surface area contributed by atoms with E-state index in [0.29, 0.717) is 17.8 Å². The molecule has 3 aromatic carbocycles. The van der Waals surface area contributed by atoms with Crippen molar-refractivity contribution >= 4 is 21.6 Å². The van der Waals surface area contributed by atoms with Gasteiger partial charge in [-0.05, 0) is 61.2 Å². The van der Waals surface area contributed by atoms with E-state index in [9.17, 15) is 13.2 Å². The van der Waals surface area contributed by atoms with Gasteiger partial charge in [-0.25, -0.2) is 8.42 Å². The summed E-state index contributed by atoms with van der Waals surface area (Å²) in [5.74, 6) is 0.586. The zero-order valence-corrected chi connectivity index (χ0v) is 18.4. The quantitative estimate of drug-likeness (QED) is 0.491. The van der Waals surface area contributed by atoms with Crippen LogP contribution >= 0.6 is 0 Å². The number of para-hydroxylation sites is 1. The lowest BCUT2D eigenvalue weighted by atomic mass is 10.1. The second-order valence-corrected chi connectivity index (χ2v) is 8.80. The molecular weight excluding hydrogens is 412 g/mol. The monoisotopic (exact) mass is 438 g/mol. The first-order valence-corrected chi connectivity index (χ1v) is 11.5. The minimum Gasteiger partial charge on any atom is -0.496 e. The average Bonchev–Trinajstić information content (AvgIpc) is 2.78. The molecule has 3 aromatic rings. The van der Waals surface area contributed by atoms with E-state index in [0.717, 1.165) is 29.7 Å². The topological polar surface area (TPSA) is 84.5 Å². The number of sulfonamides is 1. The molecule has 0 aliphatic rings. The van der Waals surface area contributed by atoms with E-state index in [1.54, 1.807) is 50.4 Å². The molecule has 162 valence electrons. The summed E-state index contributed by atoms with van der Waals surface area (Å²) < 4.78 is 33.1. The molecule has 0 aliphatic carbocycles. The van der Waals surface area contributed by atoms with E-state index < -0.39 is 10.0 Å². The lowest BCUT2D eigenvalue weighted by Crippen LogP contribution is -2.25. The minimum absolute atomic E-state index is 0.167. The summed E-state index contributed by atoms with van der Waals surface area (Å²) in [7, 11) is -2.09. The molecule has 0 heterocycles. The van der Waals surface area contributed by atoms with Gasteiger partial charge in [-0.2, -0.15) is 0 Å². The minimum atomic E-state index is -3.73. The Kier molecular flexibility index (Phi) is 7.31. The van der Waals surface area contributed by atoms with Crippen molar-refractivity contribution < 1.29 is 17.9 Å². The van der Waals surface area contributed by atoms with Gasteiger partial charge < -0.3 is 10.1 Å². The smallest absolute Gasteiger partial charge is 0.261 e. The molecule has 0 saturated heterocycles. The van der Waals surface area contributed by atoms with Crippen LogP contribution in [0.25, 0.3) is 0 Å². The first kappa shape index (κ1) is 22.4. The van der Waals surface area contributed by atoms with Gasteiger partial charge in [0.25, 0.3) is 15.9 Å². The summed E-state index contributed by atoms with van der Waals surface area (Å²) >= 11 is 0. The molecule has 6 nitrogen and oxygen atoms in total. The number of nitrogens with one attached hydrogen (secondary N) is 2. The largest absolute Gasteiger partial charge is 0.496 e. The Labute approximate surface area is 183 Å². The molecule has 0 spiro atoms. The number of carbonyl (C=O) groups excluding carboxylic acids is 1. The number of carbonyl (C=O) groups is 1. The lowest BCUT2D eigenvalue weighted by molar-refractivity contribution is 0.0953. The van der Waals surface area contributed by atoms with Crippen LogP contribution in [0.4, 0.5) is 5.69 Å². The third-order valence-electron chi connectivity index (χ3n) is 4.90. The third-order valence-corrected chi connectivity index (χ3v) is 6.28. The van der Waals surface area contributed by atoms with Crippen molar-refractivity contribution in [3.8, 4) is 5.75 Å². The van der Waals surface area contributed by atoms with Gasteiger partial charge in [-0.15, -0.1) is 0 Å². The molecule has 1 amide bonds. The van der Waals surface area contributed by atoms with E-state index in [2.05, 4.69) is 10.0 Å². The molecule has 0 aromatic heterocycles. The molecule has 0 bridgehead atoms. The summed E-state index contributed by atoms with van der Waals surface area (Å²) in [4.78, 5) is 12.7. The van der Waals surface area contributed by atoms with Crippen LogP contribution in [-0.2, 0) is 16.4 Å². The SMILES string of the molecule is COc1ccccc1CCCNC(=O)c1ccc(C)c(NS(=O)(=O)c2ccccc2)c1. The Morgan fingerprint density at radius 1 is 0.968 bits per heavy atom. The number of methoxy groups -OCH3 is 1. The second kappa shape index (κ2) is 10.1. The van der Waals surface area contributed by atoms with E-state index in [1.165, 1.54) is 12.1 Å². The molecule has 0 fully saturated rings. The highest BCUT2D eigenvalue weighted by molar-refractivity contribution is 7.92. The predicted molar refractivity (Wildman–Crippen MR) is 122 cm³/mol. The van der Waals surface area contributed by atoms with Gasteiger partial charge in [0.2, 0.25) is 0 Å². The Morgan fingerprint density at radius 2 is 1.68 bits per heavy atom. The standard InChI is InChI=1S/C24H26N2O4S/c1-18-14-15-20(17-22(18)26-31(28,29)21-11-4-3-5-12-21)24(27)25-16-8-10-19-9-6-7-13-23(19)30-2/h3-7,9,11-15,17,26H,8,10,16H2,1-2H3,(H,25,27). The van der Waals surface area contributed by atoms with Crippen molar-refractivity contribution in [1.29, 1.82) is 0 Å². The number of aryl methyl sites for hydroxylation is 2. The van der Waals surface area contributed by atoms with Crippen molar-refractivity contribution in [3.05, 3.63) is 89.5 Å². The van der Waals surface area contributed by atoms with E-state index in [4.69, 9.17) is 4.74 Å². The summed E-state index contributed by atoms with van der Waals surface area (Å²) in [5.41, 5.74) is 2.60. The van der Waals surface area contributed by atoms with Crippen LogP contribution in [0, 0.1) is 6.92 Å². The van der Waals surface area contributed by atoms with Crippen LogP contribution in [0.1, 0.15) is 27.9 Å². The highest BCUT2D eigenvalue weighted by Gasteiger charge is 2.16. The van der Waals surface area contributed by atoms with Crippen LogP contribution in [-0.4, -0.2) is 28.0 Å². The van der Waals surface area contributed by atoms with E-state index in [1.807, 2.05) is 24.3 Å². The molecule has 0 radical (unpaired) electrons. The predicted octanol–water partition coefficient (Wildman–Crippen LogP) is 4.17. The van der Waals surface area contributed by atoms with Crippen LogP contribution in [0.15, 0.2) is 77.7 Å². The summed E-state index contributed by atoms with van der Waals surface area (Å²) in [6, 6.07) is 20.9. The molecular formula is C24H26N2O4S. The van der Waals surface area contributed by atoms with E-state index >= 15 is 0 Å². The maximum atomic E-state index is 12.6. The Bertz CT molecular complexity index is 1150. The summed E-state index contributed by atoms with van der Waals surface area (Å²) in [5, 5.41) is 2.89. The fraction of sp³-hybridized carbons (Fsp3) is 0.208. The number of amides is 1. The molecule has 31 heavy (non-hydrogen) atoms. The zero-order chi connectivity index (χ0) is 22.3. The summed E-state index contributed by atoms with van der Waals surface area (Å²) in [6.07, 6.45) is 1.53. The van der Waals surface area contributed by atoms with Crippen molar-refractivity contribution in [2.75, 3.05) is 18.4 Å². The number of ether oxygens (including phenoxy) is 1. The van der Waals surface area contributed by atoms with Gasteiger partial charge in [0.15, 0.2) is 0 Å². The van der Waals surface area contributed by atoms with Crippen LogP contribution in [0.2, 0.25) is 0 Å². The molecule has 2 N–H and O–H groups in total. The number of benzene rings is 3. The van der Waals surface area contributed by atoms with Crippen molar-refractivity contribution in [3.63, 3.8) is 0 Å². The number of anilines is 1. The number of rotatable bonds is 9. The third kappa shape index (κ3) is 5.86. The molecule has 0 aliphatic heterocycles. The van der Waals surface area contributed by atoms with Crippen molar-refractivity contribution in [2.24, 2.45) is 0 Å². The van der Waals surface area contributed by atoms with Gasteiger partial charge in [0.05, 0.1) is 17.7 Å². The van der Waals surface area contributed by atoms with Gasteiger partial charge in [-0.3, -0.25) is 9.52 Å². The molecule has 7 heteroatoms. The Balaban J connectivity index is 1.62. The molecule has 3 rings (SSSR count). The van der Waals surface area contributed by atoms with Crippen LogP contribution < -0.4 is 14.8 Å². The summed E-state index contributed by atoms with van der Waals surface area (Å²) in [6.45, 7) is 2.29. The van der Waals surface area contributed by atoms with Gasteiger partial charge in [-0.1, -0.05) is 42.5 Å². The molecule has 0 saturated carbocycles. The van der Waals surface area contributed by atoms with Crippen molar-refractivity contribution in [2.45, 2.75) is 24.7 Å². The fourth-order valence-electron chi connectivity index (χ4n) is 3.17. The normalized spacial score (nSPS) is 11.0. The molecule has 0 atom stereocenters. The average molecular weight is 439 g/mol. The lowest BCUT2D eigenvalue weighted by Gasteiger charge is -2.13. The highest BCUT2D eigenvalue weighted by Crippen LogP contribution is 2.22. The maximum absolute atomic E-state index is 12.6. The Hall–Kier alpha value is -3.32. The van der Waals surface area contributed by atoms with Gasteiger partial charge >= 0.3 is 0 Å². The Morgan fingerprint density at radius 3 is 2.42 bits per heavy atom. The van der Waals surface area contributed by atoms with Crippen LogP contribution in [0.3, 0.4) is 0 Å².